The Morgan fingerprint density at radius 2 is 2.00 bits per heavy atom. The maximum Gasteiger partial charge on any atom is 0.265 e. The Kier molecular flexibility index (Phi) is 5.27. The fourth-order valence-electron chi connectivity index (χ4n) is 3.85. The maximum absolute atomic E-state index is 13.3. The van der Waals surface area contributed by atoms with Gasteiger partial charge in [-0.1, -0.05) is 35.5 Å². The van der Waals surface area contributed by atoms with Crippen LogP contribution in [0, 0.1) is 13.8 Å². The smallest absolute Gasteiger partial charge is 0.265 e. The number of anilines is 1. The third kappa shape index (κ3) is 3.59. The van der Waals surface area contributed by atoms with Crippen LogP contribution in [0.25, 0.3) is 16.7 Å². The average Bonchev–Trinajstić information content (AvgIpc) is 3.37. The van der Waals surface area contributed by atoms with Gasteiger partial charge in [0, 0.05) is 22.9 Å². The maximum atomic E-state index is 13.3. The van der Waals surface area contributed by atoms with Gasteiger partial charge in [0.05, 0.1) is 17.9 Å². The summed E-state index contributed by atoms with van der Waals surface area (Å²) in [6, 6.07) is 12.7. The largest absolute Gasteiger partial charge is 0.326 e. The second kappa shape index (κ2) is 8.11. The first kappa shape index (κ1) is 20.8. The van der Waals surface area contributed by atoms with Crippen molar-refractivity contribution in [1.29, 1.82) is 0 Å². The first-order chi connectivity index (χ1) is 15.4. The molecule has 7 nitrogen and oxygen atoms in total. The molecule has 5 rings (SSSR count). The molecular formula is C23H20ClN5O2S. The quantitative estimate of drug-likeness (QED) is 0.448. The summed E-state index contributed by atoms with van der Waals surface area (Å²) in [4.78, 5) is 30.7. The summed E-state index contributed by atoms with van der Waals surface area (Å²) in [5, 5.41) is 8.99. The number of rotatable bonds is 4. The summed E-state index contributed by atoms with van der Waals surface area (Å²) in [6.07, 6.45) is 1.73. The van der Waals surface area contributed by atoms with Gasteiger partial charge in [-0.2, -0.15) is 5.10 Å². The number of fused-ring (bicyclic) bond motifs is 2. The molecule has 0 fully saturated rings. The van der Waals surface area contributed by atoms with E-state index in [0.29, 0.717) is 27.0 Å². The number of aryl methyl sites for hydroxylation is 1. The topological polar surface area (TPSA) is 81.8 Å². The van der Waals surface area contributed by atoms with Crippen molar-refractivity contribution in [2.75, 3.05) is 11.1 Å². The minimum absolute atomic E-state index is 0.124. The summed E-state index contributed by atoms with van der Waals surface area (Å²) in [5.74, 6) is 0.490. The number of aromatic nitrogens is 4. The molecule has 0 radical (unpaired) electrons. The lowest BCUT2D eigenvalue weighted by Gasteiger charge is -2.15. The zero-order valence-electron chi connectivity index (χ0n) is 17.5. The lowest BCUT2D eigenvalue weighted by atomic mass is 10.1. The van der Waals surface area contributed by atoms with Crippen LogP contribution in [0.5, 0.6) is 0 Å². The van der Waals surface area contributed by atoms with Crippen molar-refractivity contribution in [3.8, 4) is 5.69 Å². The van der Waals surface area contributed by atoms with Gasteiger partial charge in [-0.25, -0.2) is 9.67 Å². The van der Waals surface area contributed by atoms with Crippen molar-refractivity contribution in [1.82, 2.24) is 19.3 Å². The Bertz CT molecular complexity index is 1410. The zero-order valence-corrected chi connectivity index (χ0v) is 19.1. The third-order valence-electron chi connectivity index (χ3n) is 5.74. The lowest BCUT2D eigenvalue weighted by molar-refractivity contribution is -0.116. The molecule has 0 aliphatic carbocycles. The van der Waals surface area contributed by atoms with E-state index in [0.717, 1.165) is 22.5 Å². The number of carbonyl (C=O) groups excluding carboxylic acids is 1. The number of hydrogen-bond acceptors (Lipinski definition) is 5. The van der Waals surface area contributed by atoms with Crippen LogP contribution in [0.1, 0.15) is 23.6 Å². The van der Waals surface area contributed by atoms with Crippen LogP contribution >= 0.6 is 23.4 Å². The van der Waals surface area contributed by atoms with Gasteiger partial charge < -0.3 is 5.32 Å². The molecule has 1 atom stereocenters. The van der Waals surface area contributed by atoms with E-state index in [2.05, 4.69) is 10.4 Å². The van der Waals surface area contributed by atoms with Gasteiger partial charge in [0.15, 0.2) is 10.8 Å². The molecule has 1 aliphatic rings. The molecule has 0 bridgehead atoms. The van der Waals surface area contributed by atoms with E-state index < -0.39 is 0 Å². The molecule has 1 N–H and O–H groups in total. The van der Waals surface area contributed by atoms with Crippen LogP contribution in [-0.4, -0.2) is 31.0 Å². The Morgan fingerprint density at radius 1 is 1.22 bits per heavy atom. The molecule has 9 heteroatoms. The SMILES string of the molecule is Cc1cccc(NC(=O)CC2CSc3nc4c(cnn4-c4ccc(Cl)cc4)c(=O)n32)c1C. The number of nitrogens with one attached hydrogen (secondary N) is 1. The molecule has 1 amide bonds. The summed E-state index contributed by atoms with van der Waals surface area (Å²) < 4.78 is 3.26. The number of amides is 1. The highest BCUT2D eigenvalue weighted by Gasteiger charge is 2.29. The Morgan fingerprint density at radius 3 is 2.78 bits per heavy atom. The van der Waals surface area contributed by atoms with E-state index >= 15 is 0 Å². The minimum Gasteiger partial charge on any atom is -0.326 e. The van der Waals surface area contributed by atoms with Gasteiger partial charge >= 0.3 is 0 Å². The van der Waals surface area contributed by atoms with Crippen molar-refractivity contribution >= 4 is 46.0 Å². The fraction of sp³-hybridized carbons (Fsp3) is 0.217. The summed E-state index contributed by atoms with van der Waals surface area (Å²) in [7, 11) is 0. The number of carbonyl (C=O) groups is 1. The van der Waals surface area contributed by atoms with E-state index in [-0.39, 0.29) is 23.9 Å². The van der Waals surface area contributed by atoms with Gasteiger partial charge in [-0.05, 0) is 55.3 Å². The Hall–Kier alpha value is -3.10. The van der Waals surface area contributed by atoms with Crippen LogP contribution in [0.3, 0.4) is 0 Å². The molecule has 162 valence electrons. The molecule has 0 spiro atoms. The van der Waals surface area contributed by atoms with E-state index in [4.69, 9.17) is 16.6 Å². The van der Waals surface area contributed by atoms with E-state index in [1.165, 1.54) is 18.0 Å². The molecule has 0 saturated carbocycles. The van der Waals surface area contributed by atoms with Crippen molar-refractivity contribution in [2.45, 2.75) is 31.5 Å². The number of halogens is 1. The summed E-state index contributed by atoms with van der Waals surface area (Å²) in [5.41, 5.74) is 4.04. The molecule has 32 heavy (non-hydrogen) atoms. The van der Waals surface area contributed by atoms with Crippen LogP contribution in [0.2, 0.25) is 5.02 Å². The molecule has 1 unspecified atom stereocenters. The summed E-state index contributed by atoms with van der Waals surface area (Å²) >= 11 is 7.46. The van der Waals surface area contributed by atoms with E-state index in [1.807, 2.05) is 44.2 Å². The summed E-state index contributed by atoms with van der Waals surface area (Å²) in [6.45, 7) is 3.99. The minimum atomic E-state index is -0.261. The first-order valence-corrected chi connectivity index (χ1v) is 11.5. The highest BCUT2D eigenvalue weighted by molar-refractivity contribution is 7.99. The van der Waals surface area contributed by atoms with Crippen LogP contribution < -0.4 is 10.9 Å². The zero-order chi connectivity index (χ0) is 22.4. The van der Waals surface area contributed by atoms with Gasteiger partial charge in [0.2, 0.25) is 5.91 Å². The average molecular weight is 466 g/mol. The third-order valence-corrected chi connectivity index (χ3v) is 7.09. The van der Waals surface area contributed by atoms with Crippen LogP contribution in [-0.2, 0) is 4.79 Å². The van der Waals surface area contributed by atoms with E-state index in [9.17, 15) is 9.59 Å². The highest BCUT2D eigenvalue weighted by atomic mass is 35.5. The van der Waals surface area contributed by atoms with Gasteiger partial charge in [-0.15, -0.1) is 0 Å². The first-order valence-electron chi connectivity index (χ1n) is 10.2. The van der Waals surface area contributed by atoms with Gasteiger partial charge in [0.1, 0.15) is 5.39 Å². The molecule has 0 saturated heterocycles. The van der Waals surface area contributed by atoms with Crippen LogP contribution in [0.4, 0.5) is 5.69 Å². The van der Waals surface area contributed by atoms with Crippen molar-refractivity contribution in [3.63, 3.8) is 0 Å². The molecule has 2 aromatic carbocycles. The normalized spacial score (nSPS) is 15.2. The number of nitrogens with zero attached hydrogens (tertiary/aromatic N) is 4. The fourth-order valence-corrected chi connectivity index (χ4v) is 5.11. The molecular weight excluding hydrogens is 446 g/mol. The molecule has 3 heterocycles. The predicted octanol–water partition coefficient (Wildman–Crippen LogP) is 4.53. The Balaban J connectivity index is 1.44. The number of benzene rings is 2. The number of hydrogen-bond donors (Lipinski definition) is 1. The highest BCUT2D eigenvalue weighted by Crippen LogP contribution is 2.34. The second-order valence-corrected chi connectivity index (χ2v) is 9.23. The van der Waals surface area contributed by atoms with Gasteiger partial charge in [-0.3, -0.25) is 14.2 Å². The monoisotopic (exact) mass is 465 g/mol. The van der Waals surface area contributed by atoms with Crippen molar-refractivity contribution in [2.24, 2.45) is 0 Å². The van der Waals surface area contributed by atoms with Crippen molar-refractivity contribution < 1.29 is 4.79 Å². The molecule has 2 aromatic heterocycles. The second-order valence-electron chi connectivity index (χ2n) is 7.80. The molecule has 4 aromatic rings. The van der Waals surface area contributed by atoms with Crippen LogP contribution in [0.15, 0.2) is 58.6 Å². The van der Waals surface area contributed by atoms with E-state index in [1.54, 1.807) is 21.4 Å². The molecule has 1 aliphatic heterocycles. The Labute approximate surface area is 193 Å². The predicted molar refractivity (Wildman–Crippen MR) is 127 cm³/mol. The lowest BCUT2D eigenvalue weighted by Crippen LogP contribution is -2.28. The van der Waals surface area contributed by atoms with Gasteiger partial charge in [0.25, 0.3) is 5.56 Å². The standard InChI is InChI=1S/C23H20ClN5O2S/c1-13-4-3-5-19(14(13)2)26-20(30)10-17-12-32-23-27-21-18(22(31)28(17)23)11-25-29(21)16-8-6-15(24)7-9-16/h3-9,11,17H,10,12H2,1-2H3,(H,26,30). The number of thioether (sulfide) groups is 1. The van der Waals surface area contributed by atoms with Crippen molar-refractivity contribution in [3.05, 3.63) is 75.2 Å².